The van der Waals surface area contributed by atoms with E-state index in [1.807, 2.05) is 0 Å². The standard InChI is InChI=1S/C12H8Br2N2O4S/c13-8-1-2-10(9(14)6-8)21(19,20)16-11-5-7(12(17)18)3-4-15-11/h1-6H,(H,15,16)(H,17,18). The van der Waals surface area contributed by atoms with Crippen molar-refractivity contribution < 1.29 is 18.3 Å². The average Bonchev–Trinajstić information content (AvgIpc) is 2.37. The molecule has 2 aromatic rings. The molecular weight excluding hydrogens is 428 g/mol. The van der Waals surface area contributed by atoms with Crippen molar-refractivity contribution in [1.29, 1.82) is 0 Å². The summed E-state index contributed by atoms with van der Waals surface area (Å²) in [6.07, 6.45) is 1.22. The highest BCUT2D eigenvalue weighted by atomic mass is 79.9. The summed E-state index contributed by atoms with van der Waals surface area (Å²) < 4.78 is 27.9. The SMILES string of the molecule is O=C(O)c1ccnc(NS(=O)(=O)c2ccc(Br)cc2Br)c1. The van der Waals surface area contributed by atoms with Crippen LogP contribution in [0.5, 0.6) is 0 Å². The number of carboxylic acids is 1. The first-order valence-electron chi connectivity index (χ1n) is 5.47. The van der Waals surface area contributed by atoms with Crippen molar-refractivity contribution >= 4 is 53.7 Å². The van der Waals surface area contributed by atoms with Gasteiger partial charge in [-0.05, 0) is 46.3 Å². The predicted molar refractivity (Wildman–Crippen MR) is 83.8 cm³/mol. The summed E-state index contributed by atoms with van der Waals surface area (Å²) in [5, 5.41) is 8.88. The number of carbonyl (C=O) groups is 1. The second-order valence-corrected chi connectivity index (χ2v) is 7.34. The van der Waals surface area contributed by atoms with Gasteiger partial charge >= 0.3 is 5.97 Å². The summed E-state index contributed by atoms with van der Waals surface area (Å²) >= 11 is 6.40. The van der Waals surface area contributed by atoms with Gasteiger partial charge in [0.1, 0.15) is 10.7 Å². The van der Waals surface area contributed by atoms with Crippen molar-refractivity contribution in [2.45, 2.75) is 4.90 Å². The lowest BCUT2D eigenvalue weighted by atomic mass is 10.3. The molecule has 0 aliphatic heterocycles. The van der Waals surface area contributed by atoms with Crippen LogP contribution in [0.3, 0.4) is 0 Å². The Bertz CT molecular complexity index is 809. The number of nitrogens with one attached hydrogen (secondary N) is 1. The number of anilines is 1. The molecule has 1 heterocycles. The van der Waals surface area contributed by atoms with Gasteiger partial charge in [0.2, 0.25) is 0 Å². The molecule has 1 aromatic heterocycles. The van der Waals surface area contributed by atoms with Crippen LogP contribution in [0, 0.1) is 0 Å². The van der Waals surface area contributed by atoms with E-state index in [0.717, 1.165) is 10.5 Å². The number of pyridine rings is 1. The molecule has 0 saturated carbocycles. The van der Waals surface area contributed by atoms with E-state index in [-0.39, 0.29) is 16.3 Å². The summed E-state index contributed by atoms with van der Waals surface area (Å²) in [4.78, 5) is 14.7. The molecule has 0 bridgehead atoms. The molecule has 0 unspecified atom stereocenters. The van der Waals surface area contributed by atoms with Gasteiger partial charge < -0.3 is 5.11 Å². The van der Waals surface area contributed by atoms with Crippen LogP contribution in [0.2, 0.25) is 0 Å². The summed E-state index contributed by atoms with van der Waals surface area (Å²) in [5.41, 5.74) is -0.0578. The van der Waals surface area contributed by atoms with E-state index < -0.39 is 16.0 Å². The number of halogens is 2. The third-order valence-corrected chi connectivity index (χ3v) is 5.25. The van der Waals surface area contributed by atoms with Crippen molar-refractivity contribution in [1.82, 2.24) is 4.98 Å². The van der Waals surface area contributed by atoms with Gasteiger partial charge in [0.05, 0.1) is 5.56 Å². The molecule has 0 amide bonds. The smallest absolute Gasteiger partial charge is 0.335 e. The summed E-state index contributed by atoms with van der Waals surface area (Å²) in [6, 6.07) is 7.01. The highest BCUT2D eigenvalue weighted by Crippen LogP contribution is 2.27. The maximum Gasteiger partial charge on any atom is 0.335 e. The fourth-order valence-corrected chi connectivity index (χ4v) is 4.25. The molecule has 1 aromatic carbocycles. The number of rotatable bonds is 4. The summed E-state index contributed by atoms with van der Waals surface area (Å²) in [7, 11) is -3.88. The Morgan fingerprint density at radius 2 is 1.90 bits per heavy atom. The molecule has 0 aliphatic carbocycles. The van der Waals surface area contributed by atoms with Crippen molar-refractivity contribution in [3.8, 4) is 0 Å². The maximum absolute atomic E-state index is 12.3. The van der Waals surface area contributed by atoms with Crippen LogP contribution in [0.15, 0.2) is 50.4 Å². The van der Waals surface area contributed by atoms with Crippen LogP contribution in [-0.2, 0) is 10.0 Å². The van der Waals surface area contributed by atoms with E-state index in [2.05, 4.69) is 41.6 Å². The molecule has 2 N–H and O–H groups in total. The number of hydrogen-bond donors (Lipinski definition) is 2. The first-order chi connectivity index (χ1) is 9.79. The van der Waals surface area contributed by atoms with Crippen LogP contribution >= 0.6 is 31.9 Å². The predicted octanol–water partition coefficient (Wildman–Crippen LogP) is 3.11. The van der Waals surface area contributed by atoms with Crippen molar-refractivity contribution in [3.63, 3.8) is 0 Å². The zero-order chi connectivity index (χ0) is 15.6. The number of sulfonamides is 1. The summed E-state index contributed by atoms with van der Waals surface area (Å²) in [5.74, 6) is -1.23. The number of hydrogen-bond acceptors (Lipinski definition) is 4. The molecule has 2 rings (SSSR count). The van der Waals surface area contributed by atoms with Crippen molar-refractivity contribution in [2.75, 3.05) is 4.72 Å². The van der Waals surface area contributed by atoms with E-state index in [0.29, 0.717) is 4.47 Å². The minimum Gasteiger partial charge on any atom is -0.478 e. The number of aromatic nitrogens is 1. The fraction of sp³-hybridized carbons (Fsp3) is 0. The minimum atomic E-state index is -3.88. The van der Waals surface area contributed by atoms with Gasteiger partial charge in [-0.25, -0.2) is 18.2 Å². The van der Waals surface area contributed by atoms with Crippen molar-refractivity contribution in [3.05, 3.63) is 51.0 Å². The largest absolute Gasteiger partial charge is 0.478 e. The molecule has 6 nitrogen and oxygen atoms in total. The Kier molecular flexibility index (Phi) is 4.64. The third-order valence-electron chi connectivity index (χ3n) is 2.43. The topological polar surface area (TPSA) is 96.4 Å². The summed E-state index contributed by atoms with van der Waals surface area (Å²) in [6.45, 7) is 0. The molecule has 110 valence electrons. The van der Waals surface area contributed by atoms with E-state index in [1.165, 1.54) is 18.3 Å². The van der Waals surface area contributed by atoms with Gasteiger partial charge in [-0.2, -0.15) is 0 Å². The molecule has 0 atom stereocenters. The molecule has 0 saturated heterocycles. The van der Waals surface area contributed by atoms with Crippen LogP contribution in [-0.4, -0.2) is 24.5 Å². The maximum atomic E-state index is 12.3. The second kappa shape index (κ2) is 6.12. The lowest BCUT2D eigenvalue weighted by Gasteiger charge is -2.09. The third kappa shape index (κ3) is 3.80. The Balaban J connectivity index is 2.37. The molecule has 0 radical (unpaired) electrons. The average molecular weight is 436 g/mol. The molecule has 21 heavy (non-hydrogen) atoms. The van der Waals surface area contributed by atoms with Gasteiger partial charge in [-0.15, -0.1) is 0 Å². The van der Waals surface area contributed by atoms with Gasteiger partial charge in [0, 0.05) is 15.1 Å². The Labute approximate surface area is 137 Å². The van der Waals surface area contributed by atoms with Crippen LogP contribution < -0.4 is 4.72 Å². The Morgan fingerprint density at radius 3 is 2.52 bits per heavy atom. The number of benzene rings is 1. The molecule has 9 heteroatoms. The second-order valence-electron chi connectivity index (χ2n) is 3.92. The van der Waals surface area contributed by atoms with E-state index >= 15 is 0 Å². The molecule has 0 aliphatic rings. The highest BCUT2D eigenvalue weighted by Gasteiger charge is 2.19. The first kappa shape index (κ1) is 15.9. The Morgan fingerprint density at radius 1 is 1.19 bits per heavy atom. The van der Waals surface area contributed by atoms with Crippen molar-refractivity contribution in [2.24, 2.45) is 0 Å². The highest BCUT2D eigenvalue weighted by molar-refractivity contribution is 9.11. The molecule has 0 fully saturated rings. The minimum absolute atomic E-state index is 0.0215. The lowest BCUT2D eigenvalue weighted by Crippen LogP contribution is -2.15. The van der Waals surface area contributed by atoms with Crippen LogP contribution in [0.1, 0.15) is 10.4 Å². The number of aromatic carboxylic acids is 1. The zero-order valence-corrected chi connectivity index (χ0v) is 14.2. The van der Waals surface area contributed by atoms with Crippen LogP contribution in [0.25, 0.3) is 0 Å². The van der Waals surface area contributed by atoms with E-state index in [4.69, 9.17) is 5.11 Å². The van der Waals surface area contributed by atoms with Crippen LogP contribution in [0.4, 0.5) is 5.82 Å². The van der Waals surface area contributed by atoms with E-state index in [1.54, 1.807) is 12.1 Å². The molecular formula is C12H8Br2N2O4S. The Hall–Kier alpha value is -1.45. The quantitative estimate of drug-likeness (QED) is 0.768. The number of carboxylic acid groups (broad SMARTS) is 1. The van der Waals surface area contributed by atoms with Gasteiger partial charge in [-0.3, -0.25) is 4.72 Å². The monoisotopic (exact) mass is 434 g/mol. The van der Waals surface area contributed by atoms with Gasteiger partial charge in [-0.1, -0.05) is 15.9 Å². The van der Waals surface area contributed by atoms with E-state index in [9.17, 15) is 13.2 Å². The number of nitrogens with zero attached hydrogens (tertiary/aromatic N) is 1. The lowest BCUT2D eigenvalue weighted by molar-refractivity contribution is 0.0697. The normalized spacial score (nSPS) is 11.1. The zero-order valence-electron chi connectivity index (χ0n) is 10.2. The van der Waals surface area contributed by atoms with Gasteiger partial charge in [0.15, 0.2) is 0 Å². The van der Waals surface area contributed by atoms with Gasteiger partial charge in [0.25, 0.3) is 10.0 Å². The molecule has 0 spiro atoms. The fourth-order valence-electron chi connectivity index (χ4n) is 1.51. The first-order valence-corrected chi connectivity index (χ1v) is 8.54.